The summed E-state index contributed by atoms with van der Waals surface area (Å²) < 4.78 is 1.84. The molecule has 4 heteroatoms. The molecule has 0 aliphatic heterocycles. The first-order valence-electron chi connectivity index (χ1n) is 6.49. The van der Waals surface area contributed by atoms with Crippen molar-refractivity contribution in [2.75, 3.05) is 12.4 Å². The Morgan fingerprint density at radius 1 is 1.41 bits per heavy atom. The van der Waals surface area contributed by atoms with Crippen molar-refractivity contribution in [1.29, 1.82) is 0 Å². The number of rotatable bonds is 5. The van der Waals surface area contributed by atoms with E-state index in [0.717, 1.165) is 24.7 Å². The maximum Gasteiger partial charge on any atom is 0.0762 e. The van der Waals surface area contributed by atoms with Gasteiger partial charge in [-0.05, 0) is 24.3 Å². The summed E-state index contributed by atoms with van der Waals surface area (Å²) in [6.45, 7) is 1.87. The number of hydrogen-bond acceptors (Lipinski definition) is 2. The molecule has 0 unspecified atom stereocenters. The molecule has 1 heterocycles. The molecule has 0 atom stereocenters. The van der Waals surface area contributed by atoms with E-state index < -0.39 is 0 Å². The lowest BCUT2D eigenvalue weighted by Gasteiger charge is -2.35. The second-order valence-electron chi connectivity index (χ2n) is 5.28. The second kappa shape index (κ2) is 5.87. The topological polar surface area (TPSA) is 29.9 Å². The lowest BCUT2D eigenvalue weighted by atomic mass is 9.75. The van der Waals surface area contributed by atoms with Crippen molar-refractivity contribution in [2.45, 2.75) is 38.6 Å². The van der Waals surface area contributed by atoms with Crippen LogP contribution in [-0.2, 0) is 13.6 Å². The molecule has 0 radical (unpaired) electrons. The zero-order valence-corrected chi connectivity index (χ0v) is 11.3. The van der Waals surface area contributed by atoms with E-state index in [9.17, 15) is 0 Å². The highest BCUT2D eigenvalue weighted by molar-refractivity contribution is 6.18. The molecule has 0 amide bonds. The molecule has 1 fully saturated rings. The number of aryl methyl sites for hydroxylation is 1. The van der Waals surface area contributed by atoms with Gasteiger partial charge in [0.1, 0.15) is 0 Å². The SMILES string of the molecule is Cn1ccc(CNCC2(CCl)CCCCC2)n1. The standard InChI is InChI=1S/C13H22ClN3/c1-17-8-5-12(16-17)9-15-11-13(10-14)6-3-2-4-7-13/h5,8,15H,2-4,6-7,9-11H2,1H3. The van der Waals surface area contributed by atoms with E-state index in [4.69, 9.17) is 11.6 Å². The van der Waals surface area contributed by atoms with Crippen LogP contribution in [0.15, 0.2) is 12.3 Å². The Morgan fingerprint density at radius 3 is 2.76 bits per heavy atom. The number of alkyl halides is 1. The van der Waals surface area contributed by atoms with Gasteiger partial charge in [-0.1, -0.05) is 19.3 Å². The smallest absolute Gasteiger partial charge is 0.0762 e. The molecule has 1 N–H and O–H groups in total. The minimum Gasteiger partial charge on any atom is -0.311 e. The molecule has 3 nitrogen and oxygen atoms in total. The first-order chi connectivity index (χ1) is 8.24. The van der Waals surface area contributed by atoms with E-state index in [1.54, 1.807) is 0 Å². The summed E-state index contributed by atoms with van der Waals surface area (Å²) in [5.74, 6) is 0.780. The maximum atomic E-state index is 6.16. The first kappa shape index (κ1) is 12.9. The number of hydrogen-bond donors (Lipinski definition) is 1. The van der Waals surface area contributed by atoms with E-state index >= 15 is 0 Å². The summed E-state index contributed by atoms with van der Waals surface area (Å²) in [5.41, 5.74) is 1.43. The van der Waals surface area contributed by atoms with Crippen molar-refractivity contribution in [1.82, 2.24) is 15.1 Å². The fraction of sp³-hybridized carbons (Fsp3) is 0.769. The molecule has 2 rings (SSSR count). The normalized spacial score (nSPS) is 19.4. The van der Waals surface area contributed by atoms with Gasteiger partial charge in [0.25, 0.3) is 0 Å². The zero-order valence-electron chi connectivity index (χ0n) is 10.6. The Hall–Kier alpha value is -0.540. The third-order valence-corrected chi connectivity index (χ3v) is 4.34. The van der Waals surface area contributed by atoms with E-state index in [1.807, 2.05) is 17.9 Å². The summed E-state index contributed by atoms with van der Waals surface area (Å²) >= 11 is 6.16. The highest BCUT2D eigenvalue weighted by Crippen LogP contribution is 2.36. The third kappa shape index (κ3) is 3.46. The predicted octanol–water partition coefficient (Wildman–Crippen LogP) is 2.70. The summed E-state index contributed by atoms with van der Waals surface area (Å²) in [5, 5.41) is 7.88. The molecular weight excluding hydrogens is 234 g/mol. The molecular formula is C13H22ClN3. The van der Waals surface area contributed by atoms with Crippen LogP contribution in [0.3, 0.4) is 0 Å². The molecule has 1 aliphatic carbocycles. The molecule has 0 bridgehead atoms. The molecule has 0 saturated heterocycles. The van der Waals surface area contributed by atoms with Crippen LogP contribution in [0.25, 0.3) is 0 Å². The number of nitrogens with zero attached hydrogens (tertiary/aromatic N) is 2. The van der Waals surface area contributed by atoms with Gasteiger partial charge in [0.15, 0.2) is 0 Å². The Kier molecular flexibility index (Phi) is 4.46. The van der Waals surface area contributed by atoms with E-state index in [0.29, 0.717) is 5.41 Å². The van der Waals surface area contributed by atoms with Crippen molar-refractivity contribution in [3.63, 3.8) is 0 Å². The molecule has 1 aromatic heterocycles. The fourth-order valence-electron chi connectivity index (χ4n) is 2.67. The van der Waals surface area contributed by atoms with Gasteiger partial charge in [-0.3, -0.25) is 4.68 Å². The third-order valence-electron chi connectivity index (χ3n) is 3.77. The Balaban J connectivity index is 1.79. The van der Waals surface area contributed by atoms with Gasteiger partial charge in [0, 0.05) is 32.2 Å². The summed E-state index contributed by atoms with van der Waals surface area (Å²) in [7, 11) is 1.95. The lowest BCUT2D eigenvalue weighted by molar-refractivity contribution is 0.212. The predicted molar refractivity (Wildman–Crippen MR) is 71.2 cm³/mol. The average Bonchev–Trinajstić information content (AvgIpc) is 2.76. The monoisotopic (exact) mass is 255 g/mol. The molecule has 96 valence electrons. The molecule has 1 aliphatic rings. The number of nitrogens with one attached hydrogen (secondary N) is 1. The molecule has 0 spiro atoms. The first-order valence-corrected chi connectivity index (χ1v) is 7.03. The van der Waals surface area contributed by atoms with Crippen molar-refractivity contribution < 1.29 is 0 Å². The van der Waals surface area contributed by atoms with Crippen LogP contribution in [0.2, 0.25) is 0 Å². The van der Waals surface area contributed by atoms with Gasteiger partial charge >= 0.3 is 0 Å². The van der Waals surface area contributed by atoms with E-state index in [-0.39, 0.29) is 0 Å². The average molecular weight is 256 g/mol. The van der Waals surface area contributed by atoms with Gasteiger partial charge in [0.05, 0.1) is 5.69 Å². The molecule has 1 saturated carbocycles. The lowest BCUT2D eigenvalue weighted by Crippen LogP contribution is -2.37. The minimum absolute atomic E-state index is 0.328. The summed E-state index contributed by atoms with van der Waals surface area (Å²) in [4.78, 5) is 0. The van der Waals surface area contributed by atoms with Crippen LogP contribution < -0.4 is 5.32 Å². The second-order valence-corrected chi connectivity index (χ2v) is 5.55. The maximum absolute atomic E-state index is 6.16. The van der Waals surface area contributed by atoms with E-state index in [1.165, 1.54) is 32.1 Å². The highest BCUT2D eigenvalue weighted by Gasteiger charge is 2.30. The fourth-order valence-corrected chi connectivity index (χ4v) is 3.03. The number of halogens is 1. The van der Waals surface area contributed by atoms with Gasteiger partial charge in [-0.25, -0.2) is 0 Å². The minimum atomic E-state index is 0.328. The highest BCUT2D eigenvalue weighted by atomic mass is 35.5. The van der Waals surface area contributed by atoms with Crippen molar-refractivity contribution in [2.24, 2.45) is 12.5 Å². The van der Waals surface area contributed by atoms with Gasteiger partial charge < -0.3 is 5.32 Å². The quantitative estimate of drug-likeness (QED) is 0.820. The van der Waals surface area contributed by atoms with Crippen LogP contribution in [-0.4, -0.2) is 22.2 Å². The van der Waals surface area contributed by atoms with Crippen LogP contribution in [0.1, 0.15) is 37.8 Å². The molecule has 17 heavy (non-hydrogen) atoms. The summed E-state index contributed by atoms with van der Waals surface area (Å²) in [6, 6.07) is 2.06. The number of aromatic nitrogens is 2. The molecule has 0 aromatic carbocycles. The molecule has 1 aromatic rings. The van der Waals surface area contributed by atoms with Crippen molar-refractivity contribution in [3.8, 4) is 0 Å². The van der Waals surface area contributed by atoms with E-state index in [2.05, 4.69) is 16.5 Å². The Labute approximate surface area is 109 Å². The van der Waals surface area contributed by atoms with Gasteiger partial charge in [-0.2, -0.15) is 5.10 Å². The van der Waals surface area contributed by atoms with Crippen LogP contribution in [0.4, 0.5) is 0 Å². The van der Waals surface area contributed by atoms with Gasteiger partial charge in [-0.15, -0.1) is 11.6 Å². The van der Waals surface area contributed by atoms with Crippen LogP contribution in [0, 0.1) is 5.41 Å². The Bertz CT molecular complexity index is 342. The van der Waals surface area contributed by atoms with Crippen molar-refractivity contribution in [3.05, 3.63) is 18.0 Å². The van der Waals surface area contributed by atoms with Crippen LogP contribution >= 0.6 is 11.6 Å². The zero-order chi connectivity index (χ0) is 12.1. The van der Waals surface area contributed by atoms with Crippen molar-refractivity contribution >= 4 is 11.6 Å². The Morgan fingerprint density at radius 2 is 2.18 bits per heavy atom. The van der Waals surface area contributed by atoms with Gasteiger partial charge in [0.2, 0.25) is 0 Å². The summed E-state index contributed by atoms with van der Waals surface area (Å²) in [6.07, 6.45) is 8.56. The largest absolute Gasteiger partial charge is 0.311 e. The van der Waals surface area contributed by atoms with Crippen LogP contribution in [0.5, 0.6) is 0 Å².